The SMILES string of the molecule is CN=C(NCCc1ccccn1)NCC1(C)CCCO1. The maximum absolute atomic E-state index is 5.75. The highest BCUT2D eigenvalue weighted by Crippen LogP contribution is 2.23. The fourth-order valence-electron chi connectivity index (χ4n) is 2.32. The molecule has 1 aromatic rings. The normalized spacial score (nSPS) is 22.8. The molecule has 1 atom stereocenters. The first-order valence-corrected chi connectivity index (χ1v) is 7.20. The lowest BCUT2D eigenvalue weighted by molar-refractivity contribution is 0.0243. The van der Waals surface area contributed by atoms with E-state index in [1.54, 1.807) is 7.05 Å². The van der Waals surface area contributed by atoms with Crippen LogP contribution in [0.5, 0.6) is 0 Å². The van der Waals surface area contributed by atoms with E-state index >= 15 is 0 Å². The Kier molecular flexibility index (Phi) is 5.35. The largest absolute Gasteiger partial charge is 0.373 e. The molecule has 1 aliphatic heterocycles. The van der Waals surface area contributed by atoms with Gasteiger partial charge in [0.15, 0.2) is 5.96 Å². The van der Waals surface area contributed by atoms with Gasteiger partial charge in [0.1, 0.15) is 0 Å². The van der Waals surface area contributed by atoms with Crippen LogP contribution in [-0.4, -0.2) is 43.3 Å². The Morgan fingerprint density at radius 2 is 2.35 bits per heavy atom. The highest BCUT2D eigenvalue weighted by molar-refractivity contribution is 5.79. The van der Waals surface area contributed by atoms with Crippen molar-refractivity contribution in [1.29, 1.82) is 0 Å². The van der Waals surface area contributed by atoms with Crippen molar-refractivity contribution in [1.82, 2.24) is 15.6 Å². The van der Waals surface area contributed by atoms with Crippen LogP contribution in [-0.2, 0) is 11.2 Å². The molecule has 0 spiro atoms. The van der Waals surface area contributed by atoms with E-state index in [1.807, 2.05) is 24.4 Å². The summed E-state index contributed by atoms with van der Waals surface area (Å²) >= 11 is 0. The number of aliphatic imine (C=N–C) groups is 1. The molecule has 1 aliphatic rings. The highest BCUT2D eigenvalue weighted by atomic mass is 16.5. The zero-order valence-corrected chi connectivity index (χ0v) is 12.4. The molecule has 2 heterocycles. The average Bonchev–Trinajstić information content (AvgIpc) is 2.91. The molecule has 1 fully saturated rings. The summed E-state index contributed by atoms with van der Waals surface area (Å²) in [7, 11) is 1.79. The third-order valence-corrected chi connectivity index (χ3v) is 3.55. The molecule has 0 aliphatic carbocycles. The summed E-state index contributed by atoms with van der Waals surface area (Å²) in [5.41, 5.74) is 1.03. The summed E-state index contributed by atoms with van der Waals surface area (Å²) in [4.78, 5) is 8.53. The average molecular weight is 276 g/mol. The molecule has 1 saturated heterocycles. The number of guanidine groups is 1. The first-order valence-electron chi connectivity index (χ1n) is 7.20. The number of nitrogens with one attached hydrogen (secondary N) is 2. The fraction of sp³-hybridized carbons (Fsp3) is 0.600. The fourth-order valence-corrected chi connectivity index (χ4v) is 2.32. The third-order valence-electron chi connectivity index (χ3n) is 3.55. The van der Waals surface area contributed by atoms with Crippen LogP contribution in [0.4, 0.5) is 0 Å². The van der Waals surface area contributed by atoms with Crippen LogP contribution in [0.1, 0.15) is 25.5 Å². The van der Waals surface area contributed by atoms with Gasteiger partial charge in [-0.2, -0.15) is 0 Å². The van der Waals surface area contributed by atoms with Crippen molar-refractivity contribution in [2.24, 2.45) is 4.99 Å². The van der Waals surface area contributed by atoms with Crippen molar-refractivity contribution in [2.75, 3.05) is 26.7 Å². The molecule has 1 unspecified atom stereocenters. The summed E-state index contributed by atoms with van der Waals surface area (Å²) in [5.74, 6) is 0.817. The van der Waals surface area contributed by atoms with Gasteiger partial charge >= 0.3 is 0 Å². The van der Waals surface area contributed by atoms with Crippen molar-refractivity contribution in [3.8, 4) is 0 Å². The Morgan fingerprint density at radius 3 is 3.00 bits per heavy atom. The third kappa shape index (κ3) is 4.49. The van der Waals surface area contributed by atoms with Crippen molar-refractivity contribution in [3.63, 3.8) is 0 Å². The Hall–Kier alpha value is -1.62. The quantitative estimate of drug-likeness (QED) is 0.630. The van der Waals surface area contributed by atoms with Crippen LogP contribution in [0, 0.1) is 0 Å². The smallest absolute Gasteiger partial charge is 0.191 e. The molecule has 2 rings (SSSR count). The van der Waals surface area contributed by atoms with E-state index in [0.29, 0.717) is 0 Å². The second-order valence-electron chi connectivity index (χ2n) is 5.33. The summed E-state index contributed by atoms with van der Waals surface area (Å²) in [6.07, 6.45) is 4.95. The minimum Gasteiger partial charge on any atom is -0.373 e. The molecule has 0 bridgehead atoms. The Balaban J connectivity index is 1.70. The Morgan fingerprint density at radius 1 is 1.45 bits per heavy atom. The van der Waals surface area contributed by atoms with Gasteiger partial charge in [0.25, 0.3) is 0 Å². The molecule has 5 nitrogen and oxygen atoms in total. The van der Waals surface area contributed by atoms with Crippen LogP contribution >= 0.6 is 0 Å². The standard InChI is InChI=1S/C15H24N4O/c1-15(8-5-11-20-15)12-19-14(16-2)18-10-7-13-6-3-4-9-17-13/h3-4,6,9H,5,7-8,10-12H2,1-2H3,(H2,16,18,19). The van der Waals surface area contributed by atoms with Gasteiger partial charge in [0.2, 0.25) is 0 Å². The topological polar surface area (TPSA) is 58.5 Å². The van der Waals surface area contributed by atoms with E-state index in [9.17, 15) is 0 Å². The van der Waals surface area contributed by atoms with Gasteiger partial charge in [-0.15, -0.1) is 0 Å². The number of nitrogens with zero attached hydrogens (tertiary/aromatic N) is 2. The number of pyridine rings is 1. The van der Waals surface area contributed by atoms with Crippen molar-refractivity contribution in [3.05, 3.63) is 30.1 Å². The molecule has 0 aromatic carbocycles. The highest BCUT2D eigenvalue weighted by Gasteiger charge is 2.29. The first kappa shape index (κ1) is 14.8. The Bertz CT molecular complexity index is 427. The van der Waals surface area contributed by atoms with Crippen molar-refractivity contribution >= 4 is 5.96 Å². The van der Waals surface area contributed by atoms with Gasteiger partial charge in [0, 0.05) is 45.1 Å². The predicted octanol–water partition coefficient (Wildman–Crippen LogP) is 1.36. The van der Waals surface area contributed by atoms with Gasteiger partial charge < -0.3 is 15.4 Å². The number of ether oxygens (including phenoxy) is 1. The Labute approximate surface area is 120 Å². The van der Waals surface area contributed by atoms with E-state index in [2.05, 4.69) is 27.5 Å². The second kappa shape index (κ2) is 7.24. The van der Waals surface area contributed by atoms with Gasteiger partial charge in [-0.05, 0) is 31.9 Å². The maximum Gasteiger partial charge on any atom is 0.191 e. The van der Waals surface area contributed by atoms with Crippen molar-refractivity contribution in [2.45, 2.75) is 31.8 Å². The van der Waals surface area contributed by atoms with Crippen LogP contribution in [0.2, 0.25) is 0 Å². The lowest BCUT2D eigenvalue weighted by Crippen LogP contribution is -2.45. The minimum atomic E-state index is -0.0569. The molecule has 110 valence electrons. The van der Waals surface area contributed by atoms with E-state index < -0.39 is 0 Å². The molecule has 0 saturated carbocycles. The molecule has 2 N–H and O–H groups in total. The number of hydrogen-bond acceptors (Lipinski definition) is 3. The van der Waals surface area contributed by atoms with Gasteiger partial charge in [-0.3, -0.25) is 9.98 Å². The molecule has 0 radical (unpaired) electrons. The van der Waals surface area contributed by atoms with E-state index in [0.717, 1.165) is 50.6 Å². The number of hydrogen-bond donors (Lipinski definition) is 2. The van der Waals surface area contributed by atoms with Gasteiger partial charge in [-0.25, -0.2) is 0 Å². The molecular weight excluding hydrogens is 252 g/mol. The summed E-state index contributed by atoms with van der Waals surface area (Å²) < 4.78 is 5.75. The zero-order chi connectivity index (χ0) is 14.3. The minimum absolute atomic E-state index is 0.0569. The van der Waals surface area contributed by atoms with Gasteiger partial charge in [-0.1, -0.05) is 6.07 Å². The lowest BCUT2D eigenvalue weighted by atomic mass is 10.0. The van der Waals surface area contributed by atoms with E-state index in [1.165, 1.54) is 0 Å². The predicted molar refractivity (Wildman–Crippen MR) is 80.9 cm³/mol. The first-order chi connectivity index (χ1) is 9.72. The van der Waals surface area contributed by atoms with Crippen molar-refractivity contribution < 1.29 is 4.74 Å². The van der Waals surface area contributed by atoms with Gasteiger partial charge in [0.05, 0.1) is 5.60 Å². The van der Waals surface area contributed by atoms with Crippen LogP contribution < -0.4 is 10.6 Å². The van der Waals surface area contributed by atoms with E-state index in [4.69, 9.17) is 4.74 Å². The lowest BCUT2D eigenvalue weighted by Gasteiger charge is -2.24. The molecule has 0 amide bonds. The molecule has 1 aromatic heterocycles. The molecular formula is C15H24N4O. The number of rotatable bonds is 5. The monoisotopic (exact) mass is 276 g/mol. The maximum atomic E-state index is 5.75. The summed E-state index contributed by atoms with van der Waals surface area (Å²) in [5, 5.41) is 6.63. The number of aromatic nitrogens is 1. The van der Waals surface area contributed by atoms with Crippen LogP contribution in [0.15, 0.2) is 29.4 Å². The van der Waals surface area contributed by atoms with Crippen LogP contribution in [0.25, 0.3) is 0 Å². The zero-order valence-electron chi connectivity index (χ0n) is 12.4. The second-order valence-corrected chi connectivity index (χ2v) is 5.33. The summed E-state index contributed by atoms with van der Waals surface area (Å²) in [6, 6.07) is 5.97. The molecule has 5 heteroatoms. The van der Waals surface area contributed by atoms with Crippen LogP contribution in [0.3, 0.4) is 0 Å². The van der Waals surface area contributed by atoms with E-state index in [-0.39, 0.29) is 5.60 Å². The summed E-state index contributed by atoms with van der Waals surface area (Å²) in [6.45, 7) is 4.61. The molecule has 20 heavy (non-hydrogen) atoms.